The molecule has 0 bridgehead atoms. The fourth-order valence-corrected chi connectivity index (χ4v) is 6.65. The van der Waals surface area contributed by atoms with Gasteiger partial charge in [-0.2, -0.15) is 0 Å². The van der Waals surface area contributed by atoms with Crippen molar-refractivity contribution in [3.63, 3.8) is 0 Å². The summed E-state index contributed by atoms with van der Waals surface area (Å²) in [4.78, 5) is 35.0. The molecule has 1 amide bonds. The Kier molecular flexibility index (Phi) is 14.9. The number of amides is 1. The van der Waals surface area contributed by atoms with Crippen LogP contribution < -0.4 is 5.32 Å². The fourth-order valence-electron chi connectivity index (χ4n) is 6.65. The zero-order chi connectivity index (χ0) is 34.4. The molecular formula is C38H58N6O5. The zero-order valence-electron chi connectivity index (χ0n) is 29.7. The molecule has 5 fully saturated rings. The van der Waals surface area contributed by atoms with E-state index in [2.05, 4.69) is 50.9 Å². The Morgan fingerprint density at radius 3 is 1.59 bits per heavy atom. The second-order valence-corrected chi connectivity index (χ2v) is 13.9. The second kappa shape index (κ2) is 19.5. The lowest BCUT2D eigenvalue weighted by atomic mass is 10.1. The van der Waals surface area contributed by atoms with Crippen LogP contribution in [0.15, 0.2) is 48.5 Å². The molecule has 11 heteroatoms. The number of aromatic carboxylic acids is 1. The van der Waals surface area contributed by atoms with Crippen LogP contribution in [0.3, 0.4) is 0 Å². The van der Waals surface area contributed by atoms with Gasteiger partial charge in [-0.05, 0) is 62.1 Å². The zero-order valence-corrected chi connectivity index (χ0v) is 29.7. The molecule has 49 heavy (non-hydrogen) atoms. The smallest absolute Gasteiger partial charge is 0.335 e. The summed E-state index contributed by atoms with van der Waals surface area (Å²) in [6, 6.07) is 16.7. The molecule has 4 aliphatic heterocycles. The van der Waals surface area contributed by atoms with E-state index in [1.807, 2.05) is 29.2 Å². The number of nitrogens with one attached hydrogen (secondary N) is 1. The van der Waals surface area contributed by atoms with E-state index in [-0.39, 0.29) is 5.91 Å². The molecule has 0 aromatic heterocycles. The number of hydrogen-bond donors (Lipinski definition) is 2. The van der Waals surface area contributed by atoms with Gasteiger partial charge in [0.2, 0.25) is 0 Å². The average molecular weight is 679 g/mol. The largest absolute Gasteiger partial charge is 0.478 e. The number of piperazine rings is 2. The van der Waals surface area contributed by atoms with E-state index in [0.29, 0.717) is 11.6 Å². The van der Waals surface area contributed by atoms with Crippen LogP contribution in [-0.2, 0) is 22.6 Å². The summed E-state index contributed by atoms with van der Waals surface area (Å²) in [7, 11) is 0. The number of rotatable bonds is 8. The fraction of sp³-hybridized carbons (Fsp3) is 0.632. The van der Waals surface area contributed by atoms with Gasteiger partial charge >= 0.3 is 5.97 Å². The number of carbonyl (C=O) groups is 2. The SMILES string of the molecule is C1CN(C2CC2)CCN1.CC(C)N1CCN(C(=O)c2ccc(CN3CCOCC3)cc2)CC1.O=C(O)c1ccc(CN2CCOCC2)cc1. The molecule has 4 heterocycles. The highest BCUT2D eigenvalue weighted by Gasteiger charge is 2.29. The predicted octanol–water partition coefficient (Wildman–Crippen LogP) is 2.96. The summed E-state index contributed by atoms with van der Waals surface area (Å²) in [5.41, 5.74) is 3.55. The van der Waals surface area contributed by atoms with Crippen LogP contribution in [0, 0.1) is 0 Å². The van der Waals surface area contributed by atoms with Crippen LogP contribution in [-0.4, -0.2) is 159 Å². The van der Waals surface area contributed by atoms with Crippen LogP contribution in [0.25, 0.3) is 0 Å². The highest BCUT2D eigenvalue weighted by atomic mass is 16.5. The van der Waals surface area contributed by atoms with E-state index in [0.717, 1.165) is 109 Å². The van der Waals surface area contributed by atoms with Crippen molar-refractivity contribution in [2.45, 2.75) is 51.9 Å². The van der Waals surface area contributed by atoms with Gasteiger partial charge in [0.05, 0.1) is 32.0 Å². The number of morpholine rings is 2. The summed E-state index contributed by atoms with van der Waals surface area (Å²) in [5, 5.41) is 12.1. The Balaban J connectivity index is 0.000000159. The molecule has 270 valence electrons. The Bertz CT molecular complexity index is 1260. The van der Waals surface area contributed by atoms with E-state index >= 15 is 0 Å². The number of benzene rings is 2. The second-order valence-electron chi connectivity index (χ2n) is 13.9. The summed E-state index contributed by atoms with van der Waals surface area (Å²) in [6.07, 6.45) is 2.92. The van der Waals surface area contributed by atoms with Crippen molar-refractivity contribution in [3.8, 4) is 0 Å². The minimum Gasteiger partial charge on any atom is -0.478 e. The Labute approximate surface area is 293 Å². The lowest BCUT2D eigenvalue weighted by Crippen LogP contribution is -2.50. The molecule has 1 aliphatic carbocycles. The average Bonchev–Trinajstić information content (AvgIpc) is 4.00. The van der Waals surface area contributed by atoms with Crippen molar-refractivity contribution in [1.29, 1.82) is 0 Å². The number of hydrogen-bond acceptors (Lipinski definition) is 9. The highest BCUT2D eigenvalue weighted by Crippen LogP contribution is 2.26. The molecule has 11 nitrogen and oxygen atoms in total. The minimum atomic E-state index is -0.877. The number of carboxylic acids is 1. The van der Waals surface area contributed by atoms with Gasteiger partial charge in [0.15, 0.2) is 0 Å². The van der Waals surface area contributed by atoms with Gasteiger partial charge in [-0.25, -0.2) is 4.79 Å². The molecular weight excluding hydrogens is 620 g/mol. The van der Waals surface area contributed by atoms with Crippen LogP contribution in [0.5, 0.6) is 0 Å². The summed E-state index contributed by atoms with van der Waals surface area (Å²) >= 11 is 0. The van der Waals surface area contributed by atoms with Gasteiger partial charge in [0, 0.05) is 109 Å². The molecule has 1 saturated carbocycles. The van der Waals surface area contributed by atoms with Crippen molar-refractivity contribution in [1.82, 2.24) is 29.8 Å². The van der Waals surface area contributed by atoms with Crippen LogP contribution >= 0.6 is 0 Å². The Morgan fingerprint density at radius 1 is 0.694 bits per heavy atom. The molecule has 2 aromatic carbocycles. The Hall–Kier alpha value is -2.90. The summed E-state index contributed by atoms with van der Waals surface area (Å²) in [5.74, 6) is -0.714. The normalized spacial score (nSPS) is 21.3. The van der Waals surface area contributed by atoms with E-state index in [1.165, 1.54) is 44.6 Å². The van der Waals surface area contributed by atoms with Crippen LogP contribution in [0.1, 0.15) is 58.5 Å². The van der Waals surface area contributed by atoms with Crippen molar-refractivity contribution < 1.29 is 24.2 Å². The minimum absolute atomic E-state index is 0.163. The molecule has 0 radical (unpaired) electrons. The molecule has 0 atom stereocenters. The van der Waals surface area contributed by atoms with Crippen molar-refractivity contribution in [3.05, 3.63) is 70.8 Å². The van der Waals surface area contributed by atoms with Gasteiger partial charge in [-0.15, -0.1) is 0 Å². The number of carboxylic acid groups (broad SMARTS) is 1. The molecule has 4 saturated heterocycles. The van der Waals surface area contributed by atoms with Gasteiger partial charge in [-0.1, -0.05) is 24.3 Å². The molecule has 2 aromatic rings. The third-order valence-electron chi connectivity index (χ3n) is 9.97. The maximum Gasteiger partial charge on any atom is 0.335 e. The predicted molar refractivity (Wildman–Crippen MR) is 192 cm³/mol. The van der Waals surface area contributed by atoms with Crippen LogP contribution in [0.2, 0.25) is 0 Å². The highest BCUT2D eigenvalue weighted by molar-refractivity contribution is 5.94. The quantitative estimate of drug-likeness (QED) is 0.434. The van der Waals surface area contributed by atoms with E-state index in [4.69, 9.17) is 14.6 Å². The maximum absolute atomic E-state index is 12.7. The standard InChI is InChI=1S/C19H29N3O2.C12H15NO3.C7H14N2/c1-16(2)21-7-9-22(10-8-21)19(23)18-5-3-17(4-6-18)15-20-11-13-24-14-12-20;14-12(15)11-3-1-10(2-4-11)9-13-5-7-16-8-6-13;1-2-7(1)9-5-3-8-4-6-9/h3-6,16H,7-15H2,1-2H3;1-4H,5-9H2,(H,14,15);7-8H,1-6H2. The van der Waals surface area contributed by atoms with Gasteiger partial charge < -0.3 is 24.8 Å². The first kappa shape index (κ1) is 37.4. The van der Waals surface area contributed by atoms with Crippen molar-refractivity contribution >= 4 is 11.9 Å². The number of ether oxygens (including phenoxy) is 2. The van der Waals surface area contributed by atoms with Gasteiger partial charge in [-0.3, -0.25) is 24.4 Å². The van der Waals surface area contributed by atoms with Crippen molar-refractivity contribution in [2.24, 2.45) is 0 Å². The molecule has 2 N–H and O–H groups in total. The van der Waals surface area contributed by atoms with E-state index < -0.39 is 5.97 Å². The van der Waals surface area contributed by atoms with Crippen molar-refractivity contribution in [2.75, 3.05) is 105 Å². The van der Waals surface area contributed by atoms with E-state index in [9.17, 15) is 9.59 Å². The molecule has 0 unspecified atom stereocenters. The lowest BCUT2D eigenvalue weighted by molar-refractivity contribution is 0.0341. The number of nitrogens with zero attached hydrogens (tertiary/aromatic N) is 5. The summed E-state index contributed by atoms with van der Waals surface area (Å²) in [6.45, 7) is 21.9. The Morgan fingerprint density at radius 2 is 1.16 bits per heavy atom. The first-order chi connectivity index (χ1) is 23.9. The molecule has 7 rings (SSSR count). The molecule has 0 spiro atoms. The molecule has 5 aliphatic rings. The van der Waals surface area contributed by atoms with Gasteiger partial charge in [0.1, 0.15) is 0 Å². The lowest BCUT2D eigenvalue weighted by Gasteiger charge is -2.37. The topological polar surface area (TPSA) is 101 Å². The van der Waals surface area contributed by atoms with E-state index in [1.54, 1.807) is 12.1 Å². The first-order valence-electron chi connectivity index (χ1n) is 18.3. The third-order valence-corrected chi connectivity index (χ3v) is 9.97. The monoisotopic (exact) mass is 678 g/mol. The third kappa shape index (κ3) is 12.4. The maximum atomic E-state index is 12.7. The van der Waals surface area contributed by atoms with Crippen LogP contribution in [0.4, 0.5) is 0 Å². The number of carbonyl (C=O) groups excluding carboxylic acids is 1. The first-order valence-corrected chi connectivity index (χ1v) is 18.3. The van der Waals surface area contributed by atoms with Gasteiger partial charge in [0.25, 0.3) is 5.91 Å². The summed E-state index contributed by atoms with van der Waals surface area (Å²) < 4.78 is 10.7.